The molecule has 116 valence electrons. The van der Waals surface area contributed by atoms with Crippen LogP contribution in [0, 0.1) is 0 Å². The van der Waals surface area contributed by atoms with Crippen molar-refractivity contribution in [1.29, 1.82) is 0 Å². The van der Waals surface area contributed by atoms with Crippen molar-refractivity contribution in [2.24, 2.45) is 0 Å². The molecule has 0 spiro atoms. The van der Waals surface area contributed by atoms with Gasteiger partial charge in [0.05, 0.1) is 5.69 Å². The van der Waals surface area contributed by atoms with Crippen molar-refractivity contribution in [3.05, 3.63) is 53.6 Å². The standard InChI is InChI=1S/C18H15NO4/c1-12(20)23-15-4-2-3-13(9-15)5-6-14-7-8-17-16(10-14)19-18(21)11-22-17/h2-10H,11H2,1H3,(H,19,21). The summed E-state index contributed by atoms with van der Waals surface area (Å²) >= 11 is 0. The van der Waals surface area contributed by atoms with Crippen LogP contribution in [0.3, 0.4) is 0 Å². The zero-order valence-corrected chi connectivity index (χ0v) is 12.5. The Morgan fingerprint density at radius 3 is 2.74 bits per heavy atom. The van der Waals surface area contributed by atoms with Crippen molar-refractivity contribution in [1.82, 2.24) is 0 Å². The number of rotatable bonds is 3. The quantitative estimate of drug-likeness (QED) is 0.537. The van der Waals surface area contributed by atoms with Gasteiger partial charge >= 0.3 is 5.97 Å². The Morgan fingerprint density at radius 2 is 1.96 bits per heavy atom. The van der Waals surface area contributed by atoms with E-state index in [0.717, 1.165) is 11.1 Å². The second-order valence-electron chi connectivity index (χ2n) is 5.09. The molecule has 5 nitrogen and oxygen atoms in total. The Bertz CT molecular complexity index is 795. The number of esters is 1. The number of ether oxygens (including phenoxy) is 2. The maximum Gasteiger partial charge on any atom is 0.308 e. The zero-order chi connectivity index (χ0) is 16.2. The molecule has 0 unspecified atom stereocenters. The molecule has 1 amide bonds. The molecule has 0 radical (unpaired) electrons. The predicted octanol–water partition coefficient (Wildman–Crippen LogP) is 3.11. The zero-order valence-electron chi connectivity index (χ0n) is 12.5. The second kappa shape index (κ2) is 6.36. The largest absolute Gasteiger partial charge is 0.482 e. The highest BCUT2D eigenvalue weighted by molar-refractivity contribution is 5.95. The third-order valence-corrected chi connectivity index (χ3v) is 3.22. The maximum atomic E-state index is 11.3. The van der Waals surface area contributed by atoms with E-state index in [1.807, 2.05) is 42.5 Å². The van der Waals surface area contributed by atoms with Crippen LogP contribution in [0.2, 0.25) is 0 Å². The molecule has 1 N–H and O–H groups in total. The number of carbonyl (C=O) groups excluding carboxylic acids is 2. The topological polar surface area (TPSA) is 64.6 Å². The molecule has 0 aliphatic carbocycles. The van der Waals surface area contributed by atoms with Gasteiger partial charge in [-0.25, -0.2) is 0 Å². The molecule has 23 heavy (non-hydrogen) atoms. The second-order valence-corrected chi connectivity index (χ2v) is 5.09. The lowest BCUT2D eigenvalue weighted by molar-refractivity contribution is -0.131. The van der Waals surface area contributed by atoms with Gasteiger partial charge in [-0.3, -0.25) is 9.59 Å². The smallest absolute Gasteiger partial charge is 0.308 e. The first kappa shape index (κ1) is 14.8. The van der Waals surface area contributed by atoms with Crippen molar-refractivity contribution in [3.63, 3.8) is 0 Å². The first-order valence-electron chi connectivity index (χ1n) is 7.13. The number of carbonyl (C=O) groups is 2. The summed E-state index contributed by atoms with van der Waals surface area (Å²) in [5.74, 6) is 0.661. The minimum absolute atomic E-state index is 0.0468. The van der Waals surface area contributed by atoms with Gasteiger partial charge in [0.15, 0.2) is 6.61 Å². The van der Waals surface area contributed by atoms with Crippen LogP contribution in [0.25, 0.3) is 12.2 Å². The van der Waals surface area contributed by atoms with E-state index in [1.165, 1.54) is 6.92 Å². The normalized spacial score (nSPS) is 13.2. The molecular formula is C18H15NO4. The van der Waals surface area contributed by atoms with Gasteiger partial charge in [-0.05, 0) is 35.4 Å². The van der Waals surface area contributed by atoms with Crippen molar-refractivity contribution >= 4 is 29.7 Å². The molecule has 2 aromatic rings. The molecule has 0 fully saturated rings. The summed E-state index contributed by atoms with van der Waals surface area (Å²) in [6.07, 6.45) is 3.81. The van der Waals surface area contributed by atoms with Crippen LogP contribution >= 0.6 is 0 Å². The molecule has 0 saturated carbocycles. The van der Waals surface area contributed by atoms with E-state index in [4.69, 9.17) is 9.47 Å². The van der Waals surface area contributed by atoms with Crippen molar-refractivity contribution in [2.75, 3.05) is 11.9 Å². The van der Waals surface area contributed by atoms with Gasteiger partial charge in [-0.2, -0.15) is 0 Å². The van der Waals surface area contributed by atoms with Gasteiger partial charge in [0.1, 0.15) is 11.5 Å². The van der Waals surface area contributed by atoms with Gasteiger partial charge in [0.2, 0.25) is 0 Å². The van der Waals surface area contributed by atoms with E-state index in [1.54, 1.807) is 12.1 Å². The summed E-state index contributed by atoms with van der Waals surface area (Å²) in [5.41, 5.74) is 2.49. The SMILES string of the molecule is CC(=O)Oc1cccc(C=Cc2ccc3c(c2)NC(=O)CO3)c1. The number of hydrogen-bond acceptors (Lipinski definition) is 4. The molecule has 0 bridgehead atoms. The minimum atomic E-state index is -0.350. The Labute approximate surface area is 133 Å². The van der Waals surface area contributed by atoms with E-state index in [0.29, 0.717) is 17.2 Å². The molecule has 3 rings (SSSR count). The Kier molecular flexibility index (Phi) is 4.10. The molecule has 0 aromatic heterocycles. The molecule has 0 atom stereocenters. The van der Waals surface area contributed by atoms with Crippen LogP contribution in [0.4, 0.5) is 5.69 Å². The van der Waals surface area contributed by atoms with Gasteiger partial charge in [-0.15, -0.1) is 0 Å². The highest BCUT2D eigenvalue weighted by Crippen LogP contribution is 2.29. The number of benzene rings is 2. The highest BCUT2D eigenvalue weighted by Gasteiger charge is 2.15. The van der Waals surface area contributed by atoms with Crippen LogP contribution in [-0.2, 0) is 9.59 Å². The summed E-state index contributed by atoms with van der Waals surface area (Å²) in [7, 11) is 0. The highest BCUT2D eigenvalue weighted by atomic mass is 16.5. The van der Waals surface area contributed by atoms with E-state index in [9.17, 15) is 9.59 Å². The number of fused-ring (bicyclic) bond motifs is 1. The van der Waals surface area contributed by atoms with Crippen LogP contribution < -0.4 is 14.8 Å². The average molecular weight is 309 g/mol. The van der Waals surface area contributed by atoms with Gasteiger partial charge in [-0.1, -0.05) is 30.4 Å². The average Bonchev–Trinajstić information content (AvgIpc) is 2.52. The Balaban J connectivity index is 1.79. The van der Waals surface area contributed by atoms with Crippen LogP contribution in [-0.4, -0.2) is 18.5 Å². The summed E-state index contributed by atoms with van der Waals surface area (Å²) in [6.45, 7) is 1.41. The minimum Gasteiger partial charge on any atom is -0.482 e. The lowest BCUT2D eigenvalue weighted by atomic mass is 10.1. The molecule has 1 aliphatic rings. The van der Waals surface area contributed by atoms with Crippen molar-refractivity contribution in [2.45, 2.75) is 6.92 Å². The van der Waals surface area contributed by atoms with Crippen molar-refractivity contribution in [3.8, 4) is 11.5 Å². The third kappa shape index (κ3) is 3.77. The number of anilines is 1. The fraction of sp³-hybridized carbons (Fsp3) is 0.111. The Hall–Kier alpha value is -3.08. The fourth-order valence-corrected chi connectivity index (χ4v) is 2.24. The van der Waals surface area contributed by atoms with Gasteiger partial charge in [0.25, 0.3) is 5.91 Å². The first-order valence-corrected chi connectivity index (χ1v) is 7.13. The van der Waals surface area contributed by atoms with Crippen LogP contribution in [0.15, 0.2) is 42.5 Å². The van der Waals surface area contributed by atoms with E-state index >= 15 is 0 Å². The molecule has 1 heterocycles. The summed E-state index contributed by atoms with van der Waals surface area (Å²) < 4.78 is 10.4. The summed E-state index contributed by atoms with van der Waals surface area (Å²) in [6, 6.07) is 12.8. The molecule has 0 saturated heterocycles. The van der Waals surface area contributed by atoms with Crippen molar-refractivity contribution < 1.29 is 19.1 Å². The van der Waals surface area contributed by atoms with E-state index in [2.05, 4.69) is 5.32 Å². The number of amides is 1. The molecule has 5 heteroatoms. The predicted molar refractivity (Wildman–Crippen MR) is 87.2 cm³/mol. The summed E-state index contributed by atoms with van der Waals surface area (Å²) in [5, 5.41) is 2.77. The fourth-order valence-electron chi connectivity index (χ4n) is 2.24. The molecule has 1 aliphatic heterocycles. The van der Waals surface area contributed by atoms with Gasteiger partial charge in [0, 0.05) is 6.92 Å². The molecular weight excluding hydrogens is 294 g/mol. The van der Waals surface area contributed by atoms with Crippen LogP contribution in [0.5, 0.6) is 11.5 Å². The molecule has 2 aromatic carbocycles. The number of hydrogen-bond donors (Lipinski definition) is 1. The first-order chi connectivity index (χ1) is 11.1. The number of nitrogens with one attached hydrogen (secondary N) is 1. The summed E-state index contributed by atoms with van der Waals surface area (Å²) in [4.78, 5) is 22.3. The van der Waals surface area contributed by atoms with E-state index in [-0.39, 0.29) is 18.5 Å². The van der Waals surface area contributed by atoms with E-state index < -0.39 is 0 Å². The third-order valence-electron chi connectivity index (χ3n) is 3.22. The monoisotopic (exact) mass is 309 g/mol. The van der Waals surface area contributed by atoms with Gasteiger partial charge < -0.3 is 14.8 Å². The Morgan fingerprint density at radius 1 is 1.17 bits per heavy atom. The van der Waals surface area contributed by atoms with Crippen LogP contribution in [0.1, 0.15) is 18.1 Å². The maximum absolute atomic E-state index is 11.3. The lowest BCUT2D eigenvalue weighted by Gasteiger charge is -2.17. The lowest BCUT2D eigenvalue weighted by Crippen LogP contribution is -2.25.